The predicted octanol–water partition coefficient (Wildman–Crippen LogP) is 2.98. The van der Waals surface area contributed by atoms with Crippen LogP contribution >= 0.6 is 11.8 Å². The van der Waals surface area contributed by atoms with Crippen molar-refractivity contribution in [2.24, 2.45) is 0 Å². The molecule has 126 valence electrons. The fourth-order valence-corrected chi connectivity index (χ4v) is 3.62. The van der Waals surface area contributed by atoms with Crippen molar-refractivity contribution in [2.45, 2.75) is 56.6 Å². The average molecular weight is 337 g/mol. The normalized spacial score (nSPS) is 24.3. The Kier molecular flexibility index (Phi) is 5.70. The van der Waals surface area contributed by atoms with E-state index in [1.54, 1.807) is 32.9 Å². The van der Waals surface area contributed by atoms with Crippen molar-refractivity contribution in [3.8, 4) is 0 Å². The van der Waals surface area contributed by atoms with Gasteiger partial charge in [0.15, 0.2) is 0 Å². The van der Waals surface area contributed by atoms with Crippen LogP contribution < -0.4 is 5.32 Å². The molecule has 23 heavy (non-hydrogen) atoms. The Hall–Kier alpha value is -1.53. The molecule has 1 amide bonds. The van der Waals surface area contributed by atoms with Crippen LogP contribution in [0.15, 0.2) is 30.3 Å². The summed E-state index contributed by atoms with van der Waals surface area (Å²) in [6.07, 6.45) is -0.134. The fraction of sp³-hybridized carbons (Fsp3) is 0.529. The second kappa shape index (κ2) is 7.36. The molecule has 0 heterocycles. The zero-order valence-electron chi connectivity index (χ0n) is 13.6. The molecule has 5 nitrogen and oxygen atoms in total. The molecule has 1 aromatic rings. The van der Waals surface area contributed by atoms with Gasteiger partial charge in [-0.15, -0.1) is 0 Å². The molecule has 0 saturated heterocycles. The van der Waals surface area contributed by atoms with Gasteiger partial charge in [0.05, 0.1) is 6.10 Å². The molecule has 1 aliphatic rings. The molecular weight excluding hydrogens is 314 g/mol. The first-order valence-corrected chi connectivity index (χ1v) is 8.56. The molecule has 6 heteroatoms. The van der Waals surface area contributed by atoms with E-state index in [9.17, 15) is 14.7 Å². The van der Waals surface area contributed by atoms with Gasteiger partial charge in [0.1, 0.15) is 5.60 Å². The van der Waals surface area contributed by atoms with E-state index < -0.39 is 17.8 Å². The number of amides is 1. The molecule has 2 unspecified atom stereocenters. The van der Waals surface area contributed by atoms with Gasteiger partial charge in [-0.05, 0) is 33.6 Å². The van der Waals surface area contributed by atoms with Crippen LogP contribution in [0.2, 0.25) is 0 Å². The van der Waals surface area contributed by atoms with Gasteiger partial charge in [-0.1, -0.05) is 42.1 Å². The molecule has 0 radical (unpaired) electrons. The van der Waals surface area contributed by atoms with Crippen LogP contribution in [-0.4, -0.2) is 39.3 Å². The highest BCUT2D eigenvalue weighted by atomic mass is 32.2. The summed E-state index contributed by atoms with van der Waals surface area (Å²) >= 11 is 1.13. The number of alkyl carbamates (subject to hydrolysis) is 1. The Morgan fingerprint density at radius 3 is 2.48 bits per heavy atom. The molecule has 2 N–H and O–H groups in total. The van der Waals surface area contributed by atoms with E-state index in [-0.39, 0.29) is 16.4 Å². The number of ether oxygens (including phenoxy) is 1. The average Bonchev–Trinajstić information content (AvgIpc) is 2.77. The lowest BCUT2D eigenvalue weighted by atomic mass is 10.2. The SMILES string of the molecule is CC(C)(C)OC(=O)NC1CC(SC(=O)c2ccccc2)[C@@H](O)C1. The zero-order chi connectivity index (χ0) is 17.0. The Morgan fingerprint density at radius 1 is 1.22 bits per heavy atom. The topological polar surface area (TPSA) is 75.6 Å². The van der Waals surface area contributed by atoms with Gasteiger partial charge in [-0.25, -0.2) is 4.79 Å². The summed E-state index contributed by atoms with van der Waals surface area (Å²) in [5, 5.41) is 12.6. The van der Waals surface area contributed by atoms with E-state index in [4.69, 9.17) is 4.74 Å². The van der Waals surface area contributed by atoms with Crippen molar-refractivity contribution in [1.82, 2.24) is 5.32 Å². The number of thioether (sulfide) groups is 1. The summed E-state index contributed by atoms with van der Waals surface area (Å²) in [7, 11) is 0. The minimum absolute atomic E-state index is 0.0624. The van der Waals surface area contributed by atoms with E-state index in [0.717, 1.165) is 11.8 Å². The molecule has 1 fully saturated rings. The molecule has 0 aromatic heterocycles. The molecule has 0 aliphatic heterocycles. The fourth-order valence-electron chi connectivity index (χ4n) is 2.48. The summed E-state index contributed by atoms with van der Waals surface area (Å²) < 4.78 is 5.22. The van der Waals surface area contributed by atoms with Gasteiger partial charge < -0.3 is 15.2 Å². The Labute approximate surface area is 140 Å². The minimum atomic E-state index is -0.618. The lowest BCUT2D eigenvalue weighted by Gasteiger charge is -2.21. The lowest BCUT2D eigenvalue weighted by molar-refractivity contribution is 0.0502. The van der Waals surface area contributed by atoms with Crippen molar-refractivity contribution in [3.05, 3.63) is 35.9 Å². The number of aliphatic hydroxyl groups is 1. The summed E-state index contributed by atoms with van der Waals surface area (Å²) in [6.45, 7) is 5.40. The smallest absolute Gasteiger partial charge is 0.407 e. The molecule has 0 spiro atoms. The minimum Gasteiger partial charge on any atom is -0.444 e. The van der Waals surface area contributed by atoms with E-state index in [1.807, 2.05) is 18.2 Å². The van der Waals surface area contributed by atoms with Crippen molar-refractivity contribution < 1.29 is 19.4 Å². The molecule has 1 aromatic carbocycles. The first-order valence-electron chi connectivity index (χ1n) is 7.68. The monoisotopic (exact) mass is 337 g/mol. The highest BCUT2D eigenvalue weighted by Gasteiger charge is 2.36. The van der Waals surface area contributed by atoms with Crippen LogP contribution in [0.4, 0.5) is 4.79 Å². The lowest BCUT2D eigenvalue weighted by Crippen LogP contribution is -2.38. The summed E-state index contributed by atoms with van der Waals surface area (Å²) in [4.78, 5) is 24.0. The maximum absolute atomic E-state index is 12.2. The maximum Gasteiger partial charge on any atom is 0.407 e. The molecule has 3 atom stereocenters. The van der Waals surface area contributed by atoms with Crippen LogP contribution in [0.5, 0.6) is 0 Å². The number of rotatable bonds is 3. The van der Waals surface area contributed by atoms with E-state index in [2.05, 4.69) is 5.32 Å². The molecular formula is C17H23NO4S. The molecule has 1 saturated carbocycles. The van der Waals surface area contributed by atoms with E-state index >= 15 is 0 Å². The number of nitrogens with one attached hydrogen (secondary N) is 1. The van der Waals surface area contributed by atoms with Crippen LogP contribution in [-0.2, 0) is 4.74 Å². The van der Waals surface area contributed by atoms with E-state index in [1.165, 1.54) is 0 Å². The van der Waals surface area contributed by atoms with Crippen molar-refractivity contribution in [2.75, 3.05) is 0 Å². The maximum atomic E-state index is 12.2. The largest absolute Gasteiger partial charge is 0.444 e. The van der Waals surface area contributed by atoms with Crippen molar-refractivity contribution in [1.29, 1.82) is 0 Å². The number of hydrogen-bond donors (Lipinski definition) is 2. The second-order valence-corrected chi connectivity index (χ2v) is 7.90. The van der Waals surface area contributed by atoms with Gasteiger partial charge in [0.2, 0.25) is 5.12 Å². The number of benzene rings is 1. The predicted molar refractivity (Wildman–Crippen MR) is 90.6 cm³/mol. The third-order valence-electron chi connectivity index (χ3n) is 3.46. The van der Waals surface area contributed by atoms with Crippen LogP contribution in [0.3, 0.4) is 0 Å². The Morgan fingerprint density at radius 2 is 1.87 bits per heavy atom. The molecule has 2 rings (SSSR count). The first kappa shape index (κ1) is 17.8. The number of aliphatic hydroxyl groups excluding tert-OH is 1. The zero-order valence-corrected chi connectivity index (χ0v) is 14.4. The van der Waals surface area contributed by atoms with Gasteiger partial charge in [0, 0.05) is 16.9 Å². The standard InChI is InChI=1S/C17H23NO4S/c1-17(2,3)22-16(21)18-12-9-13(19)14(10-12)23-15(20)11-7-5-4-6-8-11/h4-8,12-14,19H,9-10H2,1-3H3,(H,18,21)/t12?,13-,14?/m0/s1. The second-order valence-electron chi connectivity index (χ2n) is 6.69. The highest BCUT2D eigenvalue weighted by Crippen LogP contribution is 2.32. The summed E-state index contributed by atoms with van der Waals surface area (Å²) in [6, 6.07) is 8.81. The Bertz CT molecular complexity index is 555. The Balaban J connectivity index is 1.86. The molecule has 0 bridgehead atoms. The van der Waals surface area contributed by atoms with Gasteiger partial charge in [0.25, 0.3) is 0 Å². The summed E-state index contributed by atoms with van der Waals surface area (Å²) in [5.74, 6) is 0. The van der Waals surface area contributed by atoms with Gasteiger partial charge in [-0.2, -0.15) is 0 Å². The van der Waals surface area contributed by atoms with Gasteiger partial charge >= 0.3 is 6.09 Å². The van der Waals surface area contributed by atoms with Crippen LogP contribution in [0.1, 0.15) is 44.0 Å². The highest BCUT2D eigenvalue weighted by molar-refractivity contribution is 8.14. The molecule has 1 aliphatic carbocycles. The quantitative estimate of drug-likeness (QED) is 0.887. The number of hydrogen-bond acceptors (Lipinski definition) is 5. The first-order chi connectivity index (χ1) is 10.7. The van der Waals surface area contributed by atoms with Crippen LogP contribution in [0.25, 0.3) is 0 Å². The summed E-state index contributed by atoms with van der Waals surface area (Å²) in [5.41, 5.74) is 0.0619. The van der Waals surface area contributed by atoms with Gasteiger partial charge in [-0.3, -0.25) is 4.79 Å². The third-order valence-corrected chi connectivity index (χ3v) is 4.72. The van der Waals surface area contributed by atoms with Crippen LogP contribution in [0, 0.1) is 0 Å². The van der Waals surface area contributed by atoms with Crippen molar-refractivity contribution >= 4 is 23.0 Å². The van der Waals surface area contributed by atoms with Crippen molar-refractivity contribution in [3.63, 3.8) is 0 Å². The number of carbonyl (C=O) groups is 2. The van der Waals surface area contributed by atoms with E-state index in [0.29, 0.717) is 18.4 Å². The number of carbonyl (C=O) groups excluding carboxylic acids is 2. The third kappa shape index (κ3) is 5.55.